The molecule has 21 heavy (non-hydrogen) atoms. The molecule has 1 atom stereocenters. The Labute approximate surface area is 124 Å². The number of hydrogen-bond acceptors (Lipinski definition) is 4. The Morgan fingerprint density at radius 2 is 1.90 bits per heavy atom. The van der Waals surface area contributed by atoms with Crippen LogP contribution < -0.4 is 5.32 Å². The van der Waals surface area contributed by atoms with Crippen molar-refractivity contribution in [3.8, 4) is 0 Å². The fourth-order valence-electron chi connectivity index (χ4n) is 1.76. The van der Waals surface area contributed by atoms with Gasteiger partial charge < -0.3 is 10.1 Å². The molecule has 1 aromatic rings. The molecule has 0 heterocycles. The number of esters is 1. The van der Waals surface area contributed by atoms with Gasteiger partial charge in [0.25, 0.3) is 0 Å². The van der Waals surface area contributed by atoms with Crippen LogP contribution in [0.2, 0.25) is 0 Å². The summed E-state index contributed by atoms with van der Waals surface area (Å²) < 4.78 is 4.87. The molecule has 5 heteroatoms. The van der Waals surface area contributed by atoms with Gasteiger partial charge in [-0.1, -0.05) is 6.08 Å². The molecule has 0 aliphatic heterocycles. The fourth-order valence-corrected chi connectivity index (χ4v) is 1.76. The van der Waals surface area contributed by atoms with Crippen molar-refractivity contribution in [2.24, 2.45) is 5.92 Å². The van der Waals surface area contributed by atoms with Gasteiger partial charge in [0, 0.05) is 5.69 Å². The Balaban J connectivity index is 2.74. The summed E-state index contributed by atoms with van der Waals surface area (Å²) in [6, 6.07) is 6.30. The standard InChI is InChI=1S/C16H19NO4/c1-4-6-14(11(3)18)15(19)17-13-9-7-12(8-10-13)16(20)21-5-2/h4,7-10,14H,1,5-6H2,2-3H3,(H,17,19)/t14-/m0/s1. The predicted molar refractivity (Wildman–Crippen MR) is 80.0 cm³/mol. The molecule has 0 fully saturated rings. The normalized spacial score (nSPS) is 11.3. The SMILES string of the molecule is C=CC[C@@H](C(C)=O)C(=O)Nc1ccc(C(=O)OCC)cc1. The van der Waals surface area contributed by atoms with Gasteiger partial charge in [0.2, 0.25) is 5.91 Å². The monoisotopic (exact) mass is 289 g/mol. The van der Waals surface area contributed by atoms with Crippen molar-refractivity contribution in [2.45, 2.75) is 20.3 Å². The van der Waals surface area contributed by atoms with Crippen LogP contribution in [0.3, 0.4) is 0 Å². The molecule has 0 unspecified atom stereocenters. The molecule has 0 aromatic heterocycles. The minimum absolute atomic E-state index is 0.212. The summed E-state index contributed by atoms with van der Waals surface area (Å²) in [4.78, 5) is 34.9. The van der Waals surface area contributed by atoms with E-state index in [4.69, 9.17) is 4.74 Å². The van der Waals surface area contributed by atoms with Gasteiger partial charge in [-0.2, -0.15) is 0 Å². The number of benzene rings is 1. The van der Waals surface area contributed by atoms with Crippen LogP contribution in [-0.2, 0) is 14.3 Å². The topological polar surface area (TPSA) is 72.5 Å². The number of ketones is 1. The number of amides is 1. The van der Waals surface area contributed by atoms with E-state index in [1.807, 2.05) is 0 Å². The van der Waals surface area contributed by atoms with Gasteiger partial charge in [0.05, 0.1) is 18.1 Å². The summed E-state index contributed by atoms with van der Waals surface area (Å²) in [6.45, 7) is 6.94. The molecule has 0 bridgehead atoms. The van der Waals surface area contributed by atoms with E-state index in [0.717, 1.165) is 0 Å². The minimum atomic E-state index is -0.743. The number of Topliss-reactive ketones (excluding diaryl/α,β-unsaturated/α-hetero) is 1. The first-order chi connectivity index (χ1) is 9.99. The fraction of sp³-hybridized carbons (Fsp3) is 0.312. The van der Waals surface area contributed by atoms with Gasteiger partial charge in [-0.25, -0.2) is 4.79 Å². The van der Waals surface area contributed by atoms with E-state index in [1.54, 1.807) is 31.2 Å². The van der Waals surface area contributed by atoms with Crippen LogP contribution in [0.4, 0.5) is 5.69 Å². The lowest BCUT2D eigenvalue weighted by Gasteiger charge is -2.12. The van der Waals surface area contributed by atoms with E-state index in [2.05, 4.69) is 11.9 Å². The van der Waals surface area contributed by atoms with E-state index < -0.39 is 11.9 Å². The van der Waals surface area contributed by atoms with E-state index in [-0.39, 0.29) is 11.7 Å². The van der Waals surface area contributed by atoms with Crippen LogP contribution in [0.25, 0.3) is 0 Å². The average molecular weight is 289 g/mol. The second kappa shape index (κ2) is 7.99. The zero-order valence-corrected chi connectivity index (χ0v) is 12.2. The molecule has 1 N–H and O–H groups in total. The lowest BCUT2D eigenvalue weighted by molar-refractivity contribution is -0.129. The Kier molecular flexibility index (Phi) is 6.33. The van der Waals surface area contributed by atoms with Gasteiger partial charge >= 0.3 is 5.97 Å². The zero-order valence-electron chi connectivity index (χ0n) is 12.2. The van der Waals surface area contributed by atoms with Crippen LogP contribution in [0.1, 0.15) is 30.6 Å². The lowest BCUT2D eigenvalue weighted by atomic mass is 10.00. The molecule has 0 spiro atoms. The van der Waals surface area contributed by atoms with Gasteiger partial charge in [0.15, 0.2) is 0 Å². The smallest absolute Gasteiger partial charge is 0.338 e. The predicted octanol–water partition coefficient (Wildman–Crippen LogP) is 2.58. The largest absolute Gasteiger partial charge is 0.462 e. The van der Waals surface area contributed by atoms with E-state index in [9.17, 15) is 14.4 Å². The first kappa shape index (κ1) is 16.6. The van der Waals surface area contributed by atoms with E-state index in [1.165, 1.54) is 13.0 Å². The van der Waals surface area contributed by atoms with Gasteiger partial charge in [-0.15, -0.1) is 6.58 Å². The number of hydrogen-bond donors (Lipinski definition) is 1. The van der Waals surface area contributed by atoms with Crippen LogP contribution in [-0.4, -0.2) is 24.3 Å². The summed E-state index contributed by atoms with van der Waals surface area (Å²) >= 11 is 0. The van der Waals surface area contributed by atoms with Crippen molar-refractivity contribution < 1.29 is 19.1 Å². The molecule has 1 rings (SSSR count). The van der Waals surface area contributed by atoms with Crippen LogP contribution in [0, 0.1) is 5.92 Å². The van der Waals surface area contributed by atoms with Crippen molar-refractivity contribution in [3.05, 3.63) is 42.5 Å². The average Bonchev–Trinajstić information content (AvgIpc) is 2.45. The summed E-state index contributed by atoms with van der Waals surface area (Å²) in [5.41, 5.74) is 0.924. The van der Waals surface area contributed by atoms with Gasteiger partial charge in [-0.05, 0) is 44.5 Å². The number of nitrogens with one attached hydrogen (secondary N) is 1. The van der Waals surface area contributed by atoms with Crippen LogP contribution in [0.5, 0.6) is 0 Å². The maximum atomic E-state index is 12.0. The molecule has 0 saturated heterocycles. The number of anilines is 1. The highest BCUT2D eigenvalue weighted by Crippen LogP contribution is 2.14. The molecule has 0 aliphatic carbocycles. The number of ether oxygens (including phenoxy) is 1. The number of allylic oxidation sites excluding steroid dienone is 1. The summed E-state index contributed by atoms with van der Waals surface area (Å²) in [5.74, 6) is -1.75. The van der Waals surface area contributed by atoms with Crippen molar-refractivity contribution >= 4 is 23.3 Å². The summed E-state index contributed by atoms with van der Waals surface area (Å²) in [5, 5.41) is 2.65. The van der Waals surface area contributed by atoms with E-state index in [0.29, 0.717) is 24.3 Å². The van der Waals surface area contributed by atoms with Crippen molar-refractivity contribution in [3.63, 3.8) is 0 Å². The molecule has 112 valence electrons. The molecule has 0 saturated carbocycles. The first-order valence-corrected chi connectivity index (χ1v) is 6.69. The van der Waals surface area contributed by atoms with Crippen molar-refractivity contribution in [1.82, 2.24) is 0 Å². The second-order valence-corrected chi connectivity index (χ2v) is 4.47. The van der Waals surface area contributed by atoms with Crippen LogP contribution >= 0.6 is 0 Å². The molecule has 0 aliphatic rings. The number of rotatable bonds is 7. The molecule has 1 aromatic carbocycles. The molecule has 5 nitrogen and oxygen atoms in total. The molecule has 1 amide bonds. The van der Waals surface area contributed by atoms with Gasteiger partial charge in [0.1, 0.15) is 5.78 Å². The highest BCUT2D eigenvalue weighted by molar-refractivity contribution is 6.06. The number of carbonyl (C=O) groups excluding carboxylic acids is 3. The maximum absolute atomic E-state index is 12.0. The summed E-state index contributed by atoms with van der Waals surface area (Å²) in [6.07, 6.45) is 1.83. The number of carbonyl (C=O) groups is 3. The summed E-state index contributed by atoms with van der Waals surface area (Å²) in [7, 11) is 0. The third kappa shape index (κ3) is 4.87. The van der Waals surface area contributed by atoms with Crippen LogP contribution in [0.15, 0.2) is 36.9 Å². The minimum Gasteiger partial charge on any atom is -0.462 e. The highest BCUT2D eigenvalue weighted by Gasteiger charge is 2.21. The highest BCUT2D eigenvalue weighted by atomic mass is 16.5. The Morgan fingerprint density at radius 1 is 1.29 bits per heavy atom. The Hall–Kier alpha value is -2.43. The van der Waals surface area contributed by atoms with Gasteiger partial charge in [-0.3, -0.25) is 9.59 Å². The molecular weight excluding hydrogens is 270 g/mol. The second-order valence-electron chi connectivity index (χ2n) is 4.47. The zero-order chi connectivity index (χ0) is 15.8. The van der Waals surface area contributed by atoms with Crippen molar-refractivity contribution in [1.29, 1.82) is 0 Å². The lowest BCUT2D eigenvalue weighted by Crippen LogP contribution is -2.27. The molecular formula is C16H19NO4. The Bertz CT molecular complexity index is 534. The van der Waals surface area contributed by atoms with E-state index >= 15 is 0 Å². The molecule has 0 radical (unpaired) electrons. The quantitative estimate of drug-likeness (QED) is 0.476. The third-order valence-electron chi connectivity index (χ3n) is 2.87. The maximum Gasteiger partial charge on any atom is 0.338 e. The third-order valence-corrected chi connectivity index (χ3v) is 2.87. The Morgan fingerprint density at radius 3 is 2.38 bits per heavy atom. The first-order valence-electron chi connectivity index (χ1n) is 6.69. The van der Waals surface area contributed by atoms with Crippen molar-refractivity contribution in [2.75, 3.05) is 11.9 Å².